The maximum atomic E-state index is 11.0. The molecule has 2 rings (SSSR count). The molecule has 1 aromatic rings. The predicted molar refractivity (Wildman–Crippen MR) is 66.8 cm³/mol. The van der Waals surface area contributed by atoms with Gasteiger partial charge in [0.1, 0.15) is 6.29 Å². The molecule has 1 aliphatic carbocycles. The predicted octanol–water partition coefficient (Wildman–Crippen LogP) is 4.18. The summed E-state index contributed by atoms with van der Waals surface area (Å²) in [6.07, 6.45) is 5.97. The topological polar surface area (TPSA) is 17.1 Å². The molecule has 0 atom stereocenters. The van der Waals surface area contributed by atoms with Crippen molar-refractivity contribution in [3.8, 4) is 0 Å². The second-order valence-corrected chi connectivity index (χ2v) is 5.69. The molecule has 0 heterocycles. The van der Waals surface area contributed by atoms with Gasteiger partial charge in [-0.15, -0.1) is 0 Å². The Kier molecular flexibility index (Phi) is 3.13. The first-order valence-electron chi connectivity index (χ1n) is 6.16. The first-order chi connectivity index (χ1) is 7.62. The highest BCUT2D eigenvalue weighted by molar-refractivity contribution is 5.77. The zero-order valence-corrected chi connectivity index (χ0v) is 10.2. The zero-order valence-electron chi connectivity index (χ0n) is 10.2. The van der Waals surface area contributed by atoms with Crippen LogP contribution in [-0.2, 0) is 0 Å². The SMILES string of the molecule is CC1(C)CCC(c2ccccc2C=O)CC1. The smallest absolute Gasteiger partial charge is 0.150 e. The quantitative estimate of drug-likeness (QED) is 0.678. The van der Waals surface area contributed by atoms with E-state index in [0.717, 1.165) is 11.8 Å². The molecule has 0 aliphatic heterocycles. The Morgan fingerprint density at radius 2 is 1.81 bits per heavy atom. The van der Waals surface area contributed by atoms with Crippen molar-refractivity contribution in [3.63, 3.8) is 0 Å². The van der Waals surface area contributed by atoms with Crippen molar-refractivity contribution in [3.05, 3.63) is 35.4 Å². The van der Waals surface area contributed by atoms with Gasteiger partial charge in [0, 0.05) is 5.56 Å². The molecular formula is C15H20O. The van der Waals surface area contributed by atoms with E-state index in [-0.39, 0.29) is 0 Å². The van der Waals surface area contributed by atoms with E-state index in [1.807, 2.05) is 18.2 Å². The van der Waals surface area contributed by atoms with E-state index in [1.54, 1.807) is 0 Å². The minimum absolute atomic E-state index is 0.493. The van der Waals surface area contributed by atoms with Crippen LogP contribution in [0.3, 0.4) is 0 Å². The molecule has 86 valence electrons. The van der Waals surface area contributed by atoms with Crippen molar-refractivity contribution in [2.75, 3.05) is 0 Å². The van der Waals surface area contributed by atoms with Crippen LogP contribution in [0.2, 0.25) is 0 Å². The molecule has 1 aromatic carbocycles. The third-order valence-corrected chi connectivity index (χ3v) is 3.90. The van der Waals surface area contributed by atoms with Gasteiger partial charge < -0.3 is 0 Å². The Morgan fingerprint density at radius 3 is 2.44 bits per heavy atom. The molecular weight excluding hydrogens is 196 g/mol. The van der Waals surface area contributed by atoms with E-state index < -0.39 is 0 Å². The van der Waals surface area contributed by atoms with Crippen LogP contribution in [0.4, 0.5) is 0 Å². The van der Waals surface area contributed by atoms with Crippen LogP contribution in [0.1, 0.15) is 61.4 Å². The fourth-order valence-corrected chi connectivity index (χ4v) is 2.70. The van der Waals surface area contributed by atoms with Crippen LogP contribution in [0.25, 0.3) is 0 Å². The average Bonchev–Trinajstić information content (AvgIpc) is 2.29. The van der Waals surface area contributed by atoms with E-state index in [2.05, 4.69) is 19.9 Å². The number of hydrogen-bond donors (Lipinski definition) is 0. The average molecular weight is 216 g/mol. The third kappa shape index (κ3) is 2.34. The van der Waals surface area contributed by atoms with E-state index in [1.165, 1.54) is 31.2 Å². The third-order valence-electron chi connectivity index (χ3n) is 3.90. The number of aldehydes is 1. The molecule has 0 unspecified atom stereocenters. The van der Waals surface area contributed by atoms with Crippen molar-refractivity contribution < 1.29 is 4.79 Å². The van der Waals surface area contributed by atoms with Gasteiger partial charge in [0.25, 0.3) is 0 Å². The second kappa shape index (κ2) is 4.40. The molecule has 1 aliphatic rings. The Labute approximate surface area is 97.9 Å². The van der Waals surface area contributed by atoms with Gasteiger partial charge in [-0.3, -0.25) is 4.79 Å². The van der Waals surface area contributed by atoms with Crippen molar-refractivity contribution in [2.45, 2.75) is 45.4 Å². The van der Waals surface area contributed by atoms with E-state index >= 15 is 0 Å². The molecule has 0 spiro atoms. The summed E-state index contributed by atoms with van der Waals surface area (Å²) in [4.78, 5) is 11.0. The van der Waals surface area contributed by atoms with Crippen LogP contribution in [0.15, 0.2) is 24.3 Å². The molecule has 0 saturated heterocycles. The molecule has 16 heavy (non-hydrogen) atoms. The minimum atomic E-state index is 0.493. The molecule has 0 bridgehead atoms. The van der Waals surface area contributed by atoms with Crippen LogP contribution in [0, 0.1) is 5.41 Å². The monoisotopic (exact) mass is 216 g/mol. The van der Waals surface area contributed by atoms with Crippen molar-refractivity contribution >= 4 is 6.29 Å². The summed E-state index contributed by atoms with van der Waals surface area (Å²) in [5.41, 5.74) is 2.63. The van der Waals surface area contributed by atoms with Crippen molar-refractivity contribution in [2.24, 2.45) is 5.41 Å². The van der Waals surface area contributed by atoms with Gasteiger partial charge in [0.15, 0.2) is 0 Å². The lowest BCUT2D eigenvalue weighted by atomic mass is 9.71. The molecule has 1 fully saturated rings. The normalized spacial score (nSPS) is 20.6. The van der Waals surface area contributed by atoms with Crippen LogP contribution >= 0.6 is 0 Å². The maximum Gasteiger partial charge on any atom is 0.150 e. The number of rotatable bonds is 2. The fraction of sp³-hybridized carbons (Fsp3) is 0.533. The fourth-order valence-electron chi connectivity index (χ4n) is 2.70. The first-order valence-corrected chi connectivity index (χ1v) is 6.16. The molecule has 1 nitrogen and oxygen atoms in total. The van der Waals surface area contributed by atoms with Gasteiger partial charge in [-0.25, -0.2) is 0 Å². The minimum Gasteiger partial charge on any atom is -0.298 e. The molecule has 0 N–H and O–H groups in total. The van der Waals surface area contributed by atoms with E-state index in [0.29, 0.717) is 11.3 Å². The molecule has 0 aromatic heterocycles. The Morgan fingerprint density at radius 1 is 1.19 bits per heavy atom. The summed E-state index contributed by atoms with van der Waals surface area (Å²) in [5, 5.41) is 0. The van der Waals surface area contributed by atoms with E-state index in [4.69, 9.17) is 0 Å². The molecule has 0 amide bonds. The van der Waals surface area contributed by atoms with Gasteiger partial charge in [0.2, 0.25) is 0 Å². The van der Waals surface area contributed by atoms with Crippen LogP contribution in [-0.4, -0.2) is 6.29 Å². The second-order valence-electron chi connectivity index (χ2n) is 5.69. The van der Waals surface area contributed by atoms with Gasteiger partial charge >= 0.3 is 0 Å². The van der Waals surface area contributed by atoms with Gasteiger partial charge in [-0.05, 0) is 42.6 Å². The van der Waals surface area contributed by atoms with Gasteiger partial charge in [-0.1, -0.05) is 38.1 Å². The first kappa shape index (κ1) is 11.4. The highest BCUT2D eigenvalue weighted by Crippen LogP contribution is 2.42. The Hall–Kier alpha value is -1.11. The van der Waals surface area contributed by atoms with Crippen LogP contribution in [0.5, 0.6) is 0 Å². The Bertz CT molecular complexity index is 369. The summed E-state index contributed by atoms with van der Waals surface area (Å²) in [7, 11) is 0. The summed E-state index contributed by atoms with van der Waals surface area (Å²) in [6.45, 7) is 4.68. The Balaban J connectivity index is 2.17. The number of carbonyl (C=O) groups excluding carboxylic acids is 1. The zero-order chi connectivity index (χ0) is 11.6. The van der Waals surface area contributed by atoms with Gasteiger partial charge in [-0.2, -0.15) is 0 Å². The number of carbonyl (C=O) groups is 1. The maximum absolute atomic E-state index is 11.0. The number of benzene rings is 1. The lowest BCUT2D eigenvalue weighted by Crippen LogP contribution is -2.20. The summed E-state index contributed by atoms with van der Waals surface area (Å²) in [6, 6.07) is 8.04. The summed E-state index contributed by atoms with van der Waals surface area (Å²) < 4.78 is 0. The summed E-state index contributed by atoms with van der Waals surface area (Å²) in [5.74, 6) is 0.592. The lowest BCUT2D eigenvalue weighted by molar-refractivity contribution is 0.112. The standard InChI is InChI=1S/C15H20O/c1-15(2)9-7-12(8-10-15)14-6-4-3-5-13(14)11-16/h3-6,11-12H,7-10H2,1-2H3. The number of hydrogen-bond acceptors (Lipinski definition) is 1. The van der Waals surface area contributed by atoms with Crippen molar-refractivity contribution in [1.29, 1.82) is 0 Å². The van der Waals surface area contributed by atoms with Crippen LogP contribution < -0.4 is 0 Å². The molecule has 1 heteroatoms. The lowest BCUT2D eigenvalue weighted by Gasteiger charge is -2.34. The van der Waals surface area contributed by atoms with Crippen molar-refractivity contribution in [1.82, 2.24) is 0 Å². The molecule has 0 radical (unpaired) electrons. The summed E-state index contributed by atoms with van der Waals surface area (Å²) >= 11 is 0. The van der Waals surface area contributed by atoms with Gasteiger partial charge in [0.05, 0.1) is 0 Å². The molecule has 1 saturated carbocycles. The largest absolute Gasteiger partial charge is 0.298 e. The highest BCUT2D eigenvalue weighted by Gasteiger charge is 2.28. The van der Waals surface area contributed by atoms with E-state index in [9.17, 15) is 4.79 Å². The highest BCUT2D eigenvalue weighted by atomic mass is 16.1.